The molecule has 0 bridgehead atoms. The van der Waals surface area contributed by atoms with Gasteiger partial charge in [-0.25, -0.2) is 9.37 Å². The number of nitrogens with one attached hydrogen (secondary N) is 1. The third-order valence-electron chi connectivity index (χ3n) is 5.68. The molecule has 2 aromatic carbocycles. The number of H-pyrrole nitrogens is 1. The molecule has 0 saturated carbocycles. The van der Waals surface area contributed by atoms with Crippen molar-refractivity contribution >= 4 is 0 Å². The van der Waals surface area contributed by atoms with E-state index in [1.807, 2.05) is 6.07 Å². The van der Waals surface area contributed by atoms with Crippen LogP contribution >= 0.6 is 0 Å². The van der Waals surface area contributed by atoms with Crippen LogP contribution in [0.4, 0.5) is 17.6 Å². The van der Waals surface area contributed by atoms with Crippen molar-refractivity contribution in [2.75, 3.05) is 14.2 Å². The van der Waals surface area contributed by atoms with Crippen LogP contribution in [0.1, 0.15) is 35.5 Å². The average Bonchev–Trinajstić information content (AvgIpc) is 3.33. The zero-order valence-electron chi connectivity index (χ0n) is 19.6. The summed E-state index contributed by atoms with van der Waals surface area (Å²) in [6, 6.07) is 8.36. The molecule has 0 aliphatic carbocycles. The van der Waals surface area contributed by atoms with Gasteiger partial charge in [-0.2, -0.15) is 18.3 Å². The topological polar surface area (TPSA) is 82.0 Å². The molecule has 7 nitrogen and oxygen atoms in total. The van der Waals surface area contributed by atoms with E-state index in [0.717, 1.165) is 17.7 Å². The van der Waals surface area contributed by atoms with Crippen LogP contribution in [0.3, 0.4) is 0 Å². The minimum absolute atomic E-state index is 0.0469. The summed E-state index contributed by atoms with van der Waals surface area (Å²) in [6.45, 7) is 1.61. The highest BCUT2D eigenvalue weighted by Gasteiger charge is 2.31. The monoisotopic (exact) mass is 502 g/mol. The molecule has 0 saturated heterocycles. The van der Waals surface area contributed by atoms with Crippen molar-refractivity contribution < 1.29 is 27.0 Å². The first-order valence-corrected chi connectivity index (χ1v) is 10.8. The zero-order valence-corrected chi connectivity index (χ0v) is 19.6. The van der Waals surface area contributed by atoms with Crippen molar-refractivity contribution in [3.63, 3.8) is 0 Å². The van der Waals surface area contributed by atoms with Gasteiger partial charge in [-0.05, 0) is 36.8 Å². The zero-order chi connectivity index (χ0) is 26.0. The fourth-order valence-corrected chi connectivity index (χ4v) is 3.79. The lowest BCUT2D eigenvalue weighted by Crippen LogP contribution is -2.12. The molecule has 0 aliphatic heterocycles. The van der Waals surface area contributed by atoms with E-state index in [2.05, 4.69) is 15.1 Å². The molecule has 0 radical (unpaired) electrons. The van der Waals surface area contributed by atoms with E-state index >= 15 is 0 Å². The first kappa shape index (κ1) is 25.0. The van der Waals surface area contributed by atoms with Crippen molar-refractivity contribution in [3.05, 3.63) is 93.5 Å². The first-order chi connectivity index (χ1) is 17.1. The first-order valence-electron chi connectivity index (χ1n) is 10.8. The number of benzene rings is 2. The number of alkyl halides is 3. The maximum absolute atomic E-state index is 14.4. The van der Waals surface area contributed by atoms with Crippen LogP contribution in [-0.2, 0) is 12.6 Å². The maximum atomic E-state index is 14.4. The van der Waals surface area contributed by atoms with E-state index in [1.165, 1.54) is 31.2 Å². The van der Waals surface area contributed by atoms with Crippen LogP contribution in [0.15, 0.2) is 59.7 Å². The molecule has 0 fully saturated rings. The summed E-state index contributed by atoms with van der Waals surface area (Å²) in [4.78, 5) is 19.5. The van der Waals surface area contributed by atoms with Gasteiger partial charge in [0.1, 0.15) is 11.6 Å². The van der Waals surface area contributed by atoms with Crippen LogP contribution in [0.5, 0.6) is 11.5 Å². The quantitative estimate of drug-likeness (QED) is 0.360. The molecule has 4 rings (SSSR count). The third kappa shape index (κ3) is 5.24. The predicted octanol–water partition coefficient (Wildman–Crippen LogP) is 5.01. The summed E-state index contributed by atoms with van der Waals surface area (Å²) >= 11 is 0. The molecule has 1 atom stereocenters. The maximum Gasteiger partial charge on any atom is 0.416 e. The van der Waals surface area contributed by atoms with E-state index < -0.39 is 23.6 Å². The smallest absolute Gasteiger partial charge is 0.416 e. The van der Waals surface area contributed by atoms with Gasteiger partial charge < -0.3 is 14.5 Å². The predicted molar refractivity (Wildman–Crippen MR) is 124 cm³/mol. The molecule has 2 aromatic heterocycles. The molecule has 36 heavy (non-hydrogen) atoms. The van der Waals surface area contributed by atoms with Crippen molar-refractivity contribution in [1.82, 2.24) is 19.7 Å². The lowest BCUT2D eigenvalue weighted by Gasteiger charge is -2.15. The summed E-state index contributed by atoms with van der Waals surface area (Å²) in [5.74, 6) is 0.530. The largest absolute Gasteiger partial charge is 0.493 e. The van der Waals surface area contributed by atoms with Crippen molar-refractivity contribution in [1.29, 1.82) is 0 Å². The number of rotatable bonds is 7. The minimum atomic E-state index is -4.64. The highest BCUT2D eigenvalue weighted by Crippen LogP contribution is 2.32. The number of aromatic nitrogens is 4. The van der Waals surface area contributed by atoms with E-state index in [0.29, 0.717) is 41.1 Å². The Kier molecular flexibility index (Phi) is 6.82. The van der Waals surface area contributed by atoms with Gasteiger partial charge in [0.05, 0.1) is 37.7 Å². The number of aromatic amines is 1. The van der Waals surface area contributed by atoms with Crippen molar-refractivity contribution in [2.45, 2.75) is 25.6 Å². The molecule has 11 heteroatoms. The van der Waals surface area contributed by atoms with Gasteiger partial charge in [0, 0.05) is 29.8 Å². The Morgan fingerprint density at radius 1 is 1.06 bits per heavy atom. The fourth-order valence-electron chi connectivity index (χ4n) is 3.79. The van der Waals surface area contributed by atoms with Gasteiger partial charge in [-0.3, -0.25) is 9.48 Å². The molecule has 4 aromatic rings. The fraction of sp³-hybridized carbons (Fsp3) is 0.240. The summed E-state index contributed by atoms with van der Waals surface area (Å²) in [5, 5.41) is 4.21. The van der Waals surface area contributed by atoms with E-state index in [-0.39, 0.29) is 11.1 Å². The van der Waals surface area contributed by atoms with Crippen LogP contribution in [0, 0.1) is 5.82 Å². The number of hydrogen-bond acceptors (Lipinski definition) is 5. The number of methoxy groups -OCH3 is 2. The van der Waals surface area contributed by atoms with E-state index in [4.69, 9.17) is 9.47 Å². The molecule has 0 amide bonds. The van der Waals surface area contributed by atoms with Gasteiger partial charge in [0.2, 0.25) is 0 Å². The van der Waals surface area contributed by atoms with Gasteiger partial charge in [0.25, 0.3) is 5.56 Å². The number of hydrogen-bond donors (Lipinski definition) is 1. The number of nitrogens with zero attached hydrogens (tertiary/aromatic N) is 3. The Morgan fingerprint density at radius 3 is 2.47 bits per heavy atom. The second kappa shape index (κ2) is 9.84. The summed E-state index contributed by atoms with van der Waals surface area (Å²) in [6.07, 6.45) is -1.31. The highest BCUT2D eigenvalue weighted by atomic mass is 19.4. The summed E-state index contributed by atoms with van der Waals surface area (Å²) < 4.78 is 65.0. The van der Waals surface area contributed by atoms with Gasteiger partial charge >= 0.3 is 6.18 Å². The standard InChI is InChI=1S/C25H22F4N4O3/c1-14(18-6-5-17(10-19(18)26)25(27,28)29)33-13-16(12-30-33)20-11-24(34)32-23(31-20)9-15-4-7-21(35-2)22(8-15)36-3/h4-8,10-14H,9H2,1-3H3,(H,31,32,34). The lowest BCUT2D eigenvalue weighted by atomic mass is 10.0. The molecule has 2 heterocycles. The van der Waals surface area contributed by atoms with Crippen LogP contribution in [0.25, 0.3) is 11.3 Å². The highest BCUT2D eigenvalue weighted by molar-refractivity contribution is 5.56. The normalized spacial score (nSPS) is 12.4. The molecule has 0 spiro atoms. The summed E-state index contributed by atoms with van der Waals surface area (Å²) in [5.41, 5.74) is 0.284. The Labute approximate surface area is 203 Å². The van der Waals surface area contributed by atoms with Gasteiger partial charge in [-0.15, -0.1) is 0 Å². The average molecular weight is 502 g/mol. The second-order valence-corrected chi connectivity index (χ2v) is 8.06. The van der Waals surface area contributed by atoms with Gasteiger partial charge in [-0.1, -0.05) is 12.1 Å². The summed E-state index contributed by atoms with van der Waals surface area (Å²) in [7, 11) is 3.06. The Morgan fingerprint density at radius 2 is 1.81 bits per heavy atom. The third-order valence-corrected chi connectivity index (χ3v) is 5.68. The van der Waals surface area contributed by atoms with Crippen LogP contribution in [-0.4, -0.2) is 34.0 Å². The molecule has 1 N–H and O–H groups in total. The SMILES string of the molecule is COc1ccc(Cc2nc(-c3cnn(C(C)c4ccc(C(F)(F)F)cc4F)c3)cc(=O)[nH]2)cc1OC. The van der Waals surface area contributed by atoms with Crippen molar-refractivity contribution in [3.8, 4) is 22.8 Å². The molecular formula is C25H22F4N4O3. The molecular weight excluding hydrogens is 480 g/mol. The van der Waals surface area contributed by atoms with E-state index in [9.17, 15) is 22.4 Å². The van der Waals surface area contributed by atoms with Crippen molar-refractivity contribution in [2.24, 2.45) is 0 Å². The Bertz CT molecular complexity index is 1450. The number of ether oxygens (including phenoxy) is 2. The molecule has 0 aliphatic rings. The number of halogens is 4. The van der Waals surface area contributed by atoms with Crippen LogP contribution in [0.2, 0.25) is 0 Å². The molecule has 1 unspecified atom stereocenters. The van der Waals surface area contributed by atoms with Gasteiger partial charge in [0.15, 0.2) is 11.5 Å². The van der Waals surface area contributed by atoms with Crippen LogP contribution < -0.4 is 15.0 Å². The Hall–Kier alpha value is -4.15. The lowest BCUT2D eigenvalue weighted by molar-refractivity contribution is -0.137. The van der Waals surface area contributed by atoms with E-state index in [1.54, 1.807) is 25.3 Å². The second-order valence-electron chi connectivity index (χ2n) is 8.06. The molecule has 188 valence electrons. The Balaban J connectivity index is 1.59. The minimum Gasteiger partial charge on any atom is -0.493 e.